The van der Waals surface area contributed by atoms with Gasteiger partial charge in [0.1, 0.15) is 5.52 Å². The van der Waals surface area contributed by atoms with Gasteiger partial charge in [0.2, 0.25) is 0 Å². The minimum absolute atomic E-state index is 0.488. The van der Waals surface area contributed by atoms with Crippen molar-refractivity contribution in [1.29, 1.82) is 0 Å². The van der Waals surface area contributed by atoms with Crippen molar-refractivity contribution in [2.24, 2.45) is 0 Å². The van der Waals surface area contributed by atoms with Gasteiger partial charge in [0, 0.05) is 11.5 Å². The molecule has 1 aromatic carbocycles. The van der Waals surface area contributed by atoms with E-state index in [0.29, 0.717) is 17.0 Å². The van der Waals surface area contributed by atoms with Crippen LogP contribution in [0.5, 0.6) is 0 Å². The van der Waals surface area contributed by atoms with Crippen molar-refractivity contribution in [1.82, 2.24) is 4.98 Å². The summed E-state index contributed by atoms with van der Waals surface area (Å²) in [5, 5.41) is 0. The number of aromatic nitrogens is 1. The predicted molar refractivity (Wildman–Crippen MR) is 51.4 cm³/mol. The van der Waals surface area contributed by atoms with Crippen molar-refractivity contribution < 1.29 is 9.21 Å². The average molecular weight is 187 g/mol. The fraction of sp³-hybridized carbons (Fsp3) is 0.273. The van der Waals surface area contributed by atoms with Crippen LogP contribution in [0.15, 0.2) is 22.6 Å². The number of nitrogens with zero attached hydrogens (tertiary/aromatic N) is 1. The smallest absolute Gasteiger partial charge is 0.198 e. The van der Waals surface area contributed by atoms with Gasteiger partial charge in [-0.2, -0.15) is 0 Å². The molecule has 1 aromatic heterocycles. The molecule has 3 rings (SSSR count). The molecule has 1 saturated carbocycles. The van der Waals surface area contributed by atoms with Gasteiger partial charge >= 0.3 is 0 Å². The highest BCUT2D eigenvalue weighted by Crippen LogP contribution is 2.40. The molecule has 0 spiro atoms. The molecular formula is C11H9NO2. The Bertz CT molecular complexity index is 497. The lowest BCUT2D eigenvalue weighted by atomic mass is 10.2. The molecule has 1 heterocycles. The van der Waals surface area contributed by atoms with Crippen molar-refractivity contribution in [2.45, 2.75) is 18.8 Å². The van der Waals surface area contributed by atoms with Crippen molar-refractivity contribution in [3.05, 3.63) is 29.7 Å². The number of carbonyl (C=O) groups excluding carboxylic acids is 1. The van der Waals surface area contributed by atoms with E-state index in [1.54, 1.807) is 6.07 Å². The molecule has 1 fully saturated rings. The predicted octanol–water partition coefficient (Wildman–Crippen LogP) is 2.52. The maximum atomic E-state index is 10.7. The van der Waals surface area contributed by atoms with Gasteiger partial charge in [-0.3, -0.25) is 4.79 Å². The molecule has 1 aliphatic rings. The number of oxazole rings is 1. The first-order valence-corrected chi connectivity index (χ1v) is 4.73. The third-order valence-electron chi connectivity index (χ3n) is 2.52. The van der Waals surface area contributed by atoms with Crippen LogP contribution in [-0.2, 0) is 0 Å². The first-order chi connectivity index (χ1) is 6.88. The van der Waals surface area contributed by atoms with Crippen molar-refractivity contribution in [3.63, 3.8) is 0 Å². The summed E-state index contributed by atoms with van der Waals surface area (Å²) < 4.78 is 5.56. The summed E-state index contributed by atoms with van der Waals surface area (Å²) in [7, 11) is 0. The van der Waals surface area contributed by atoms with Crippen molar-refractivity contribution in [3.8, 4) is 0 Å². The number of rotatable bonds is 2. The third kappa shape index (κ3) is 1.05. The Kier molecular flexibility index (Phi) is 1.48. The summed E-state index contributed by atoms with van der Waals surface area (Å²) in [6, 6.07) is 5.42. The molecule has 0 amide bonds. The van der Waals surface area contributed by atoms with Gasteiger partial charge in [-0.1, -0.05) is 6.07 Å². The Labute approximate surface area is 80.7 Å². The molecule has 0 bridgehead atoms. The van der Waals surface area contributed by atoms with Gasteiger partial charge < -0.3 is 4.42 Å². The molecular weight excluding hydrogens is 178 g/mol. The minimum atomic E-state index is 0.488. The molecule has 0 unspecified atom stereocenters. The summed E-state index contributed by atoms with van der Waals surface area (Å²) >= 11 is 0. The highest BCUT2D eigenvalue weighted by molar-refractivity contribution is 5.93. The third-order valence-corrected chi connectivity index (χ3v) is 2.52. The van der Waals surface area contributed by atoms with Gasteiger partial charge in [0.05, 0.1) is 0 Å². The Morgan fingerprint density at radius 1 is 1.43 bits per heavy atom. The highest BCUT2D eigenvalue weighted by Gasteiger charge is 2.29. The largest absolute Gasteiger partial charge is 0.440 e. The maximum Gasteiger partial charge on any atom is 0.198 e. The number of benzene rings is 1. The maximum absolute atomic E-state index is 10.7. The van der Waals surface area contributed by atoms with E-state index in [9.17, 15) is 4.79 Å². The zero-order valence-electron chi connectivity index (χ0n) is 7.56. The standard InChI is InChI=1S/C11H9NO2/c13-6-8-2-1-3-9-10(8)12-11(14-9)7-4-5-7/h1-3,6-7H,4-5H2. The summed E-state index contributed by atoms with van der Waals surface area (Å²) in [4.78, 5) is 15.1. The van der Waals surface area contributed by atoms with Crippen molar-refractivity contribution in [2.75, 3.05) is 0 Å². The summed E-state index contributed by atoms with van der Waals surface area (Å²) in [5.41, 5.74) is 2.03. The molecule has 2 aromatic rings. The van der Waals surface area contributed by atoms with E-state index in [0.717, 1.165) is 30.6 Å². The minimum Gasteiger partial charge on any atom is -0.440 e. The van der Waals surface area contributed by atoms with Gasteiger partial charge in [0.25, 0.3) is 0 Å². The summed E-state index contributed by atoms with van der Waals surface area (Å²) in [6.07, 6.45) is 3.13. The van der Waals surface area contributed by atoms with Crippen LogP contribution in [0.4, 0.5) is 0 Å². The quantitative estimate of drug-likeness (QED) is 0.678. The highest BCUT2D eigenvalue weighted by atomic mass is 16.3. The summed E-state index contributed by atoms with van der Waals surface area (Å²) in [5.74, 6) is 1.27. The SMILES string of the molecule is O=Cc1cccc2oc(C3CC3)nc12. The molecule has 0 radical (unpaired) electrons. The second-order valence-electron chi connectivity index (χ2n) is 3.64. The number of hydrogen-bond acceptors (Lipinski definition) is 3. The molecule has 0 atom stereocenters. The molecule has 0 aliphatic heterocycles. The molecule has 3 nitrogen and oxygen atoms in total. The number of para-hydroxylation sites is 1. The fourth-order valence-electron chi connectivity index (χ4n) is 1.59. The molecule has 14 heavy (non-hydrogen) atoms. The lowest BCUT2D eigenvalue weighted by molar-refractivity contribution is 0.112. The molecule has 3 heteroatoms. The second kappa shape index (κ2) is 2.67. The fourth-order valence-corrected chi connectivity index (χ4v) is 1.59. The van der Waals surface area contributed by atoms with Gasteiger partial charge in [-0.15, -0.1) is 0 Å². The first-order valence-electron chi connectivity index (χ1n) is 4.73. The van der Waals surface area contributed by atoms with E-state index in [4.69, 9.17) is 4.42 Å². The van der Waals surface area contributed by atoms with Crippen LogP contribution in [0.3, 0.4) is 0 Å². The molecule has 0 saturated heterocycles. The van der Waals surface area contributed by atoms with Crippen LogP contribution in [0.2, 0.25) is 0 Å². The second-order valence-corrected chi connectivity index (χ2v) is 3.64. The Morgan fingerprint density at radius 2 is 2.29 bits per heavy atom. The van der Waals surface area contributed by atoms with Crippen LogP contribution in [0.1, 0.15) is 35.0 Å². The van der Waals surface area contributed by atoms with Crippen LogP contribution < -0.4 is 0 Å². The number of aldehydes is 1. The molecule has 0 N–H and O–H groups in total. The Balaban J connectivity index is 2.25. The van der Waals surface area contributed by atoms with Crippen molar-refractivity contribution >= 4 is 17.4 Å². The van der Waals surface area contributed by atoms with E-state index in [-0.39, 0.29) is 0 Å². The Hall–Kier alpha value is -1.64. The average Bonchev–Trinajstić information content (AvgIpc) is 2.97. The normalized spacial score (nSPS) is 16.0. The summed E-state index contributed by atoms with van der Waals surface area (Å²) in [6.45, 7) is 0. The van der Waals surface area contributed by atoms with Gasteiger partial charge in [-0.25, -0.2) is 4.98 Å². The lowest BCUT2D eigenvalue weighted by Crippen LogP contribution is -1.82. The zero-order valence-corrected chi connectivity index (χ0v) is 7.56. The van der Waals surface area contributed by atoms with Crippen LogP contribution in [0.25, 0.3) is 11.1 Å². The number of hydrogen-bond donors (Lipinski definition) is 0. The van der Waals surface area contributed by atoms with Gasteiger partial charge in [-0.05, 0) is 25.0 Å². The monoisotopic (exact) mass is 187 g/mol. The number of carbonyl (C=O) groups is 1. The van der Waals surface area contributed by atoms with Crippen LogP contribution >= 0.6 is 0 Å². The van der Waals surface area contributed by atoms with E-state index in [1.807, 2.05) is 12.1 Å². The topological polar surface area (TPSA) is 43.1 Å². The van der Waals surface area contributed by atoms with E-state index >= 15 is 0 Å². The lowest BCUT2D eigenvalue weighted by Gasteiger charge is -1.87. The van der Waals surface area contributed by atoms with E-state index < -0.39 is 0 Å². The van der Waals surface area contributed by atoms with E-state index in [1.165, 1.54) is 0 Å². The van der Waals surface area contributed by atoms with E-state index in [2.05, 4.69) is 4.98 Å². The number of fused-ring (bicyclic) bond motifs is 1. The zero-order chi connectivity index (χ0) is 9.54. The first kappa shape index (κ1) is 7.74. The molecule has 1 aliphatic carbocycles. The van der Waals surface area contributed by atoms with Crippen LogP contribution in [-0.4, -0.2) is 11.3 Å². The van der Waals surface area contributed by atoms with Crippen LogP contribution in [0, 0.1) is 0 Å². The van der Waals surface area contributed by atoms with Gasteiger partial charge in [0.15, 0.2) is 17.8 Å². The molecule has 70 valence electrons. The Morgan fingerprint density at radius 3 is 3.00 bits per heavy atom.